The summed E-state index contributed by atoms with van der Waals surface area (Å²) in [5, 5.41) is 7.45. The Morgan fingerprint density at radius 1 is 1.37 bits per heavy atom. The van der Waals surface area contributed by atoms with Gasteiger partial charge in [0.15, 0.2) is 0 Å². The third kappa shape index (κ3) is 4.23. The number of amides is 3. The van der Waals surface area contributed by atoms with Crippen LogP contribution in [0.25, 0.3) is 0 Å². The number of halogens is 4. The molecule has 2 aliphatic heterocycles. The molecule has 0 bridgehead atoms. The number of anilines is 1. The first-order chi connectivity index (χ1) is 13.8. The van der Waals surface area contributed by atoms with Crippen molar-refractivity contribution in [3.8, 4) is 5.75 Å². The van der Waals surface area contributed by atoms with E-state index in [-0.39, 0.29) is 12.4 Å². The molecule has 0 saturated carbocycles. The molecule has 3 amide bonds. The predicted molar refractivity (Wildman–Crippen MR) is 97.7 cm³/mol. The van der Waals surface area contributed by atoms with Crippen LogP contribution >= 0.6 is 0 Å². The van der Waals surface area contributed by atoms with Crippen molar-refractivity contribution in [2.24, 2.45) is 10.7 Å². The number of alkyl halides is 3. The number of nitrogens with two attached hydrogens (primary N) is 1. The average molecular weight is 430 g/mol. The van der Waals surface area contributed by atoms with Crippen LogP contribution < -0.4 is 26.4 Å². The second-order valence-corrected chi connectivity index (χ2v) is 7.23. The van der Waals surface area contributed by atoms with Crippen molar-refractivity contribution in [1.82, 2.24) is 15.5 Å². The monoisotopic (exact) mass is 430 g/mol. The molecule has 9 nitrogen and oxygen atoms in total. The summed E-state index contributed by atoms with van der Waals surface area (Å²) in [6, 6.07) is 1.46. The molecule has 1 fully saturated rings. The number of benzene rings is 1. The summed E-state index contributed by atoms with van der Waals surface area (Å²) in [6.07, 6.45) is -2.39. The van der Waals surface area contributed by atoms with Crippen LogP contribution in [0.3, 0.4) is 0 Å². The lowest BCUT2D eigenvalue weighted by atomic mass is 10.1. The molecule has 1 unspecified atom stereocenters. The standard InChI is InChI=1S/C17H18F4N6O3/c1-15(2)8-27(14(29)26-15)16(23-6-5-12(22)25-16)13(28)24-11-7-9(3-4-10(11)18)30-17(19,20)21/h3-7,23H,8H2,1-2H3,(H2,22,25)(H,24,28)(H,26,29). The first-order valence-electron chi connectivity index (χ1n) is 8.57. The molecule has 162 valence electrons. The summed E-state index contributed by atoms with van der Waals surface area (Å²) < 4.78 is 55.3. The number of aliphatic imine (C=N–C) groups is 1. The van der Waals surface area contributed by atoms with Crippen molar-refractivity contribution in [2.75, 3.05) is 11.9 Å². The first kappa shape index (κ1) is 21.2. The number of nitrogens with one attached hydrogen (secondary N) is 3. The van der Waals surface area contributed by atoms with E-state index < -0.39 is 46.9 Å². The molecule has 1 aromatic carbocycles. The summed E-state index contributed by atoms with van der Waals surface area (Å²) in [4.78, 5) is 30.7. The van der Waals surface area contributed by atoms with E-state index in [1.165, 1.54) is 12.3 Å². The summed E-state index contributed by atoms with van der Waals surface area (Å²) in [6.45, 7) is 3.44. The van der Waals surface area contributed by atoms with Gasteiger partial charge in [-0.3, -0.25) is 9.69 Å². The lowest BCUT2D eigenvalue weighted by Gasteiger charge is -2.38. The van der Waals surface area contributed by atoms with Crippen LogP contribution in [0.15, 0.2) is 35.5 Å². The molecule has 2 heterocycles. The van der Waals surface area contributed by atoms with Gasteiger partial charge in [0.2, 0.25) is 0 Å². The van der Waals surface area contributed by atoms with Gasteiger partial charge in [0.25, 0.3) is 11.7 Å². The number of hydrogen-bond donors (Lipinski definition) is 4. The van der Waals surface area contributed by atoms with Crippen LogP contribution in [0, 0.1) is 5.82 Å². The minimum atomic E-state index is -5.01. The van der Waals surface area contributed by atoms with Gasteiger partial charge >= 0.3 is 12.4 Å². The Hall–Kier alpha value is -3.51. The molecule has 0 spiro atoms. The van der Waals surface area contributed by atoms with Crippen molar-refractivity contribution in [3.63, 3.8) is 0 Å². The Bertz CT molecular complexity index is 946. The number of carbonyl (C=O) groups is 2. The highest BCUT2D eigenvalue weighted by Crippen LogP contribution is 2.30. The molecule has 1 saturated heterocycles. The molecule has 0 aromatic heterocycles. The molecule has 0 radical (unpaired) electrons. The Morgan fingerprint density at radius 3 is 2.63 bits per heavy atom. The number of urea groups is 1. The van der Waals surface area contributed by atoms with Crippen LogP contribution in [-0.4, -0.2) is 46.9 Å². The highest BCUT2D eigenvalue weighted by molar-refractivity contribution is 6.04. The minimum Gasteiger partial charge on any atom is -0.406 e. The number of amidine groups is 1. The predicted octanol–water partition coefficient (Wildman–Crippen LogP) is 1.59. The number of carbonyl (C=O) groups excluding carboxylic acids is 2. The first-order valence-corrected chi connectivity index (χ1v) is 8.57. The molecule has 5 N–H and O–H groups in total. The smallest absolute Gasteiger partial charge is 0.406 e. The summed E-state index contributed by atoms with van der Waals surface area (Å²) >= 11 is 0. The maximum absolute atomic E-state index is 14.2. The number of hydrogen-bond acceptors (Lipinski definition) is 6. The van der Waals surface area contributed by atoms with Gasteiger partial charge in [-0.05, 0) is 32.1 Å². The number of nitrogens with zero attached hydrogens (tertiary/aromatic N) is 2. The van der Waals surface area contributed by atoms with Gasteiger partial charge in [-0.15, -0.1) is 13.2 Å². The van der Waals surface area contributed by atoms with Crippen LogP contribution in [0.2, 0.25) is 0 Å². The van der Waals surface area contributed by atoms with Crippen molar-refractivity contribution in [1.29, 1.82) is 0 Å². The van der Waals surface area contributed by atoms with Gasteiger partial charge in [-0.2, -0.15) is 0 Å². The normalized spacial score (nSPS) is 22.8. The third-order valence-corrected chi connectivity index (χ3v) is 4.20. The molecular weight excluding hydrogens is 412 g/mol. The molecular formula is C17H18F4N6O3. The summed E-state index contributed by atoms with van der Waals surface area (Å²) in [5.41, 5.74) is 4.39. The lowest BCUT2D eigenvalue weighted by Crippen LogP contribution is -2.65. The van der Waals surface area contributed by atoms with Gasteiger partial charge < -0.3 is 26.4 Å². The third-order valence-electron chi connectivity index (χ3n) is 4.20. The van der Waals surface area contributed by atoms with E-state index >= 15 is 0 Å². The average Bonchev–Trinajstić information content (AvgIpc) is 2.89. The second kappa shape index (κ2) is 7.07. The van der Waals surface area contributed by atoms with E-state index in [9.17, 15) is 27.2 Å². The van der Waals surface area contributed by atoms with Gasteiger partial charge in [0.05, 0.1) is 11.2 Å². The molecule has 30 heavy (non-hydrogen) atoms. The van der Waals surface area contributed by atoms with E-state index in [1.54, 1.807) is 13.8 Å². The Labute approximate surface area is 167 Å². The van der Waals surface area contributed by atoms with Crippen LogP contribution in [0.1, 0.15) is 13.8 Å². The number of rotatable bonds is 4. The zero-order chi connectivity index (χ0) is 22.3. The molecule has 1 atom stereocenters. The molecule has 13 heteroatoms. The van der Waals surface area contributed by atoms with Gasteiger partial charge in [-0.25, -0.2) is 14.2 Å². The largest absolute Gasteiger partial charge is 0.573 e. The van der Waals surface area contributed by atoms with E-state index in [0.717, 1.165) is 11.0 Å². The molecule has 2 aliphatic rings. The maximum atomic E-state index is 14.2. The lowest BCUT2D eigenvalue weighted by molar-refractivity contribution is -0.274. The van der Waals surface area contributed by atoms with Gasteiger partial charge in [0, 0.05) is 18.8 Å². The van der Waals surface area contributed by atoms with Crippen molar-refractivity contribution >= 4 is 23.5 Å². The van der Waals surface area contributed by atoms with E-state index in [0.29, 0.717) is 12.1 Å². The Balaban J connectivity index is 1.95. The van der Waals surface area contributed by atoms with Crippen molar-refractivity contribution in [2.45, 2.75) is 31.5 Å². The highest BCUT2D eigenvalue weighted by atomic mass is 19.4. The SMILES string of the molecule is CC1(C)CN(C2(C(=O)Nc3cc(OC(F)(F)F)ccc3F)N=C(N)C=CN2)C(=O)N1. The topological polar surface area (TPSA) is 121 Å². The quantitative estimate of drug-likeness (QED) is 0.541. The maximum Gasteiger partial charge on any atom is 0.573 e. The highest BCUT2D eigenvalue weighted by Gasteiger charge is 2.53. The zero-order valence-corrected chi connectivity index (χ0v) is 15.8. The minimum absolute atomic E-state index is 0.0244. The van der Waals surface area contributed by atoms with E-state index in [4.69, 9.17) is 5.73 Å². The Morgan fingerprint density at radius 2 is 2.07 bits per heavy atom. The summed E-state index contributed by atoms with van der Waals surface area (Å²) in [7, 11) is 0. The second-order valence-electron chi connectivity index (χ2n) is 7.23. The fraction of sp³-hybridized carbons (Fsp3) is 0.353. The van der Waals surface area contributed by atoms with Crippen LogP contribution in [0.4, 0.5) is 28.0 Å². The van der Waals surface area contributed by atoms with E-state index in [1.807, 2.05) is 0 Å². The fourth-order valence-corrected chi connectivity index (χ4v) is 3.01. The van der Waals surface area contributed by atoms with E-state index in [2.05, 4.69) is 25.7 Å². The van der Waals surface area contributed by atoms with Crippen molar-refractivity contribution in [3.05, 3.63) is 36.3 Å². The number of ether oxygens (including phenoxy) is 1. The molecule has 3 rings (SSSR count). The fourth-order valence-electron chi connectivity index (χ4n) is 3.01. The molecule has 0 aliphatic carbocycles. The van der Waals surface area contributed by atoms with Crippen LogP contribution in [-0.2, 0) is 4.79 Å². The molecule has 1 aromatic rings. The Kier molecular flexibility index (Phi) is 5.00. The summed E-state index contributed by atoms with van der Waals surface area (Å²) in [5.74, 6) is -5.01. The van der Waals surface area contributed by atoms with Crippen LogP contribution in [0.5, 0.6) is 5.75 Å². The zero-order valence-electron chi connectivity index (χ0n) is 15.8. The van der Waals surface area contributed by atoms with Crippen molar-refractivity contribution < 1.29 is 31.9 Å². The van der Waals surface area contributed by atoms with Gasteiger partial charge in [-0.1, -0.05) is 0 Å². The van der Waals surface area contributed by atoms with Gasteiger partial charge in [0.1, 0.15) is 17.4 Å².